The smallest absolute Gasteiger partial charge is 0.433 e. The maximum Gasteiger partial charge on any atom is 0.433 e. The molecule has 1 amide bonds. The standard InChI is InChI=1S/C16H7F6N5O2/c17-15(18,19)7-3-9(16(20,21)22)26-14-6(7)1-2-10-25-8(4-27(10)14)12-11(13(23)28)24-5-29-12/h1-5H,(H2,23,28). The van der Waals surface area contributed by atoms with Gasteiger partial charge in [-0.1, -0.05) is 0 Å². The predicted octanol–water partition coefficient (Wildman–Crippen LogP) is 3.67. The topological polar surface area (TPSA) is 99.3 Å². The molecule has 0 radical (unpaired) electrons. The fourth-order valence-corrected chi connectivity index (χ4v) is 2.82. The summed E-state index contributed by atoms with van der Waals surface area (Å²) >= 11 is 0. The van der Waals surface area contributed by atoms with Crippen molar-refractivity contribution >= 4 is 22.6 Å². The number of imidazole rings is 1. The molecule has 0 spiro atoms. The van der Waals surface area contributed by atoms with E-state index in [0.29, 0.717) is 0 Å². The van der Waals surface area contributed by atoms with Crippen LogP contribution in [-0.2, 0) is 12.4 Å². The van der Waals surface area contributed by atoms with Gasteiger partial charge in [-0.3, -0.25) is 9.20 Å². The Morgan fingerprint density at radius 3 is 2.41 bits per heavy atom. The van der Waals surface area contributed by atoms with Crippen LogP contribution in [0.1, 0.15) is 21.7 Å². The first-order chi connectivity index (χ1) is 13.5. The number of rotatable bonds is 2. The summed E-state index contributed by atoms with van der Waals surface area (Å²) in [7, 11) is 0. The number of carbonyl (C=O) groups is 1. The number of oxazole rings is 1. The summed E-state index contributed by atoms with van der Waals surface area (Å²) in [5, 5.41) is -0.561. The number of amides is 1. The van der Waals surface area contributed by atoms with Gasteiger partial charge in [0.05, 0.1) is 5.56 Å². The van der Waals surface area contributed by atoms with E-state index in [2.05, 4.69) is 15.0 Å². The fraction of sp³-hybridized carbons (Fsp3) is 0.125. The van der Waals surface area contributed by atoms with E-state index in [9.17, 15) is 31.1 Å². The van der Waals surface area contributed by atoms with Crippen molar-refractivity contribution in [1.82, 2.24) is 19.4 Å². The minimum absolute atomic E-state index is 0.0285. The Bertz CT molecular complexity index is 1270. The van der Waals surface area contributed by atoms with Crippen LogP contribution in [0.5, 0.6) is 0 Å². The van der Waals surface area contributed by atoms with E-state index >= 15 is 0 Å². The van der Waals surface area contributed by atoms with E-state index < -0.39 is 40.6 Å². The molecule has 29 heavy (non-hydrogen) atoms. The van der Waals surface area contributed by atoms with Gasteiger partial charge in [-0.2, -0.15) is 26.3 Å². The highest BCUT2D eigenvalue weighted by Crippen LogP contribution is 2.39. The van der Waals surface area contributed by atoms with Crippen molar-refractivity contribution in [2.45, 2.75) is 12.4 Å². The van der Waals surface area contributed by atoms with E-state index in [1.54, 1.807) is 0 Å². The maximum atomic E-state index is 13.4. The van der Waals surface area contributed by atoms with Gasteiger partial charge < -0.3 is 10.2 Å². The van der Waals surface area contributed by atoms with Crippen LogP contribution in [0, 0.1) is 0 Å². The molecule has 4 rings (SSSR count). The number of pyridine rings is 2. The third-order valence-corrected chi connectivity index (χ3v) is 4.03. The van der Waals surface area contributed by atoms with Crippen LogP contribution in [0.25, 0.3) is 28.1 Å². The number of halogens is 6. The summed E-state index contributed by atoms with van der Waals surface area (Å²) in [5.74, 6) is -1.13. The van der Waals surface area contributed by atoms with Gasteiger partial charge in [-0.15, -0.1) is 0 Å². The van der Waals surface area contributed by atoms with E-state index in [-0.39, 0.29) is 28.9 Å². The molecule has 4 aromatic rings. The number of carbonyl (C=O) groups excluding carboxylic acids is 1. The minimum Gasteiger partial charge on any atom is -0.441 e. The number of alkyl halides is 6. The van der Waals surface area contributed by atoms with Crippen LogP contribution in [0.2, 0.25) is 0 Å². The molecule has 0 saturated carbocycles. The van der Waals surface area contributed by atoms with Crippen molar-refractivity contribution in [3.8, 4) is 11.5 Å². The largest absolute Gasteiger partial charge is 0.441 e. The number of aromatic nitrogens is 4. The zero-order valence-electron chi connectivity index (χ0n) is 13.8. The Kier molecular flexibility index (Phi) is 3.82. The molecular weight excluding hydrogens is 408 g/mol. The van der Waals surface area contributed by atoms with Crippen LogP contribution in [0.4, 0.5) is 26.3 Å². The number of nitrogens with two attached hydrogens (primary N) is 1. The molecule has 0 aliphatic rings. The molecule has 13 heteroatoms. The van der Waals surface area contributed by atoms with Crippen LogP contribution in [0.15, 0.2) is 35.2 Å². The van der Waals surface area contributed by atoms with E-state index in [1.165, 1.54) is 0 Å². The second kappa shape index (κ2) is 5.93. The zero-order chi connectivity index (χ0) is 21.1. The highest BCUT2D eigenvalue weighted by molar-refractivity contribution is 5.96. The molecule has 2 N–H and O–H groups in total. The zero-order valence-corrected chi connectivity index (χ0v) is 13.8. The molecule has 0 saturated heterocycles. The van der Waals surface area contributed by atoms with Gasteiger partial charge in [0, 0.05) is 11.6 Å². The molecule has 150 valence electrons. The number of fused-ring (bicyclic) bond motifs is 3. The molecule has 4 heterocycles. The van der Waals surface area contributed by atoms with Crippen molar-refractivity contribution in [3.05, 3.63) is 47.7 Å². The molecule has 0 aliphatic carbocycles. The molecule has 4 aromatic heterocycles. The van der Waals surface area contributed by atoms with Gasteiger partial charge in [-0.25, -0.2) is 15.0 Å². The third-order valence-electron chi connectivity index (χ3n) is 4.03. The highest BCUT2D eigenvalue weighted by Gasteiger charge is 2.39. The summed E-state index contributed by atoms with van der Waals surface area (Å²) in [6, 6.07) is 2.08. The monoisotopic (exact) mass is 415 g/mol. The summed E-state index contributed by atoms with van der Waals surface area (Å²) in [6.45, 7) is 0. The molecular formula is C16H7F6N5O2. The second-order valence-corrected chi connectivity index (χ2v) is 5.87. The summed E-state index contributed by atoms with van der Waals surface area (Å²) in [5.41, 5.74) is 0.935. The fourth-order valence-electron chi connectivity index (χ4n) is 2.82. The lowest BCUT2D eigenvalue weighted by Crippen LogP contribution is -2.14. The molecule has 0 unspecified atom stereocenters. The lowest BCUT2D eigenvalue weighted by atomic mass is 10.1. The van der Waals surface area contributed by atoms with Gasteiger partial charge in [0.2, 0.25) is 0 Å². The van der Waals surface area contributed by atoms with E-state index in [4.69, 9.17) is 10.2 Å². The molecule has 7 nitrogen and oxygen atoms in total. The van der Waals surface area contributed by atoms with Gasteiger partial charge in [0.15, 0.2) is 17.8 Å². The Morgan fingerprint density at radius 2 is 1.79 bits per heavy atom. The van der Waals surface area contributed by atoms with Crippen molar-refractivity contribution in [2.24, 2.45) is 5.73 Å². The summed E-state index contributed by atoms with van der Waals surface area (Å²) in [4.78, 5) is 22.4. The number of hydrogen-bond acceptors (Lipinski definition) is 5. The lowest BCUT2D eigenvalue weighted by Gasteiger charge is -2.14. The Balaban J connectivity index is 2.06. The first kappa shape index (κ1) is 18.7. The van der Waals surface area contributed by atoms with Crippen LogP contribution in [0.3, 0.4) is 0 Å². The SMILES string of the molecule is NC(=O)c1ncoc1-c1cn2c(ccc3c(C(F)(F)F)cc(C(F)(F)F)nc32)n1. The quantitative estimate of drug-likeness (QED) is 0.504. The first-order valence-corrected chi connectivity index (χ1v) is 7.67. The summed E-state index contributed by atoms with van der Waals surface area (Å²) < 4.78 is 85.4. The molecule has 0 aromatic carbocycles. The average Bonchev–Trinajstić information content (AvgIpc) is 3.25. The predicted molar refractivity (Wildman–Crippen MR) is 84.5 cm³/mol. The van der Waals surface area contributed by atoms with Gasteiger partial charge in [0.25, 0.3) is 5.91 Å². The maximum absolute atomic E-state index is 13.4. The van der Waals surface area contributed by atoms with Crippen LogP contribution >= 0.6 is 0 Å². The lowest BCUT2D eigenvalue weighted by molar-refractivity contribution is -0.144. The van der Waals surface area contributed by atoms with E-state index in [0.717, 1.165) is 29.1 Å². The van der Waals surface area contributed by atoms with Gasteiger partial charge in [-0.05, 0) is 18.2 Å². The van der Waals surface area contributed by atoms with Crippen molar-refractivity contribution < 1.29 is 35.6 Å². The second-order valence-electron chi connectivity index (χ2n) is 5.87. The van der Waals surface area contributed by atoms with Crippen molar-refractivity contribution in [2.75, 3.05) is 0 Å². The third kappa shape index (κ3) is 3.03. The number of hydrogen-bond donors (Lipinski definition) is 1. The van der Waals surface area contributed by atoms with Gasteiger partial charge >= 0.3 is 12.4 Å². The van der Waals surface area contributed by atoms with Gasteiger partial charge in [0.1, 0.15) is 22.7 Å². The molecule has 0 fully saturated rings. The molecule has 0 atom stereocenters. The van der Waals surface area contributed by atoms with Crippen molar-refractivity contribution in [1.29, 1.82) is 0 Å². The van der Waals surface area contributed by atoms with E-state index in [1.807, 2.05) is 0 Å². The number of primary amides is 1. The normalized spacial score (nSPS) is 12.8. The summed E-state index contributed by atoms with van der Waals surface area (Å²) in [6.07, 6.45) is -8.18. The minimum atomic E-state index is -5.11. The molecule has 0 bridgehead atoms. The number of nitrogens with zero attached hydrogens (tertiary/aromatic N) is 4. The van der Waals surface area contributed by atoms with Crippen LogP contribution in [-0.4, -0.2) is 25.3 Å². The Hall–Kier alpha value is -3.64. The van der Waals surface area contributed by atoms with Crippen molar-refractivity contribution in [3.63, 3.8) is 0 Å². The Labute approximate surface area is 155 Å². The molecule has 0 aliphatic heterocycles. The first-order valence-electron chi connectivity index (χ1n) is 7.67. The van der Waals surface area contributed by atoms with Crippen LogP contribution < -0.4 is 5.73 Å². The average molecular weight is 415 g/mol. The highest BCUT2D eigenvalue weighted by atomic mass is 19.4. The Morgan fingerprint density at radius 1 is 1.07 bits per heavy atom.